The van der Waals surface area contributed by atoms with Gasteiger partial charge in [-0.05, 0) is 49.9 Å². The van der Waals surface area contributed by atoms with Crippen molar-refractivity contribution in [3.8, 4) is 0 Å². The summed E-state index contributed by atoms with van der Waals surface area (Å²) < 4.78 is 5.19. The fraction of sp³-hybridized carbons (Fsp3) is 0.500. The number of morpholine rings is 1. The number of guanidine groups is 2. The maximum atomic E-state index is 12.0. The number of hydrogen-bond donors (Lipinski definition) is 2. The molecule has 2 heterocycles. The van der Waals surface area contributed by atoms with E-state index in [4.69, 9.17) is 16.2 Å². The van der Waals surface area contributed by atoms with Crippen LogP contribution in [0, 0.1) is 0 Å². The molecule has 1 saturated carbocycles. The second-order valence-electron chi connectivity index (χ2n) is 6.93. The van der Waals surface area contributed by atoms with E-state index in [1.165, 1.54) is 6.42 Å². The van der Waals surface area contributed by atoms with Gasteiger partial charge >= 0.3 is 0 Å². The molecule has 0 aromatic heterocycles. The van der Waals surface area contributed by atoms with E-state index < -0.39 is 5.66 Å². The average Bonchev–Trinajstić information content (AvgIpc) is 2.63. The summed E-state index contributed by atoms with van der Waals surface area (Å²) in [6.45, 7) is 1.25. The van der Waals surface area contributed by atoms with Gasteiger partial charge in [0.25, 0.3) is 5.91 Å². The fourth-order valence-corrected chi connectivity index (χ4v) is 4.07. The highest BCUT2D eigenvalue weighted by atomic mass is 16.5. The number of hydrogen-bond acceptors (Lipinski definition) is 7. The van der Waals surface area contributed by atoms with Crippen LogP contribution in [0.3, 0.4) is 0 Å². The molecule has 2 fully saturated rings. The number of amides is 1. The van der Waals surface area contributed by atoms with Crippen LogP contribution in [0.15, 0.2) is 34.3 Å². The predicted octanol–water partition coefficient (Wildman–Crippen LogP) is 1.16. The molecule has 1 aromatic carbocycles. The number of rotatable bonds is 2. The van der Waals surface area contributed by atoms with Crippen LogP contribution in [0.25, 0.3) is 0 Å². The Kier molecular flexibility index (Phi) is 4.28. The van der Waals surface area contributed by atoms with Crippen LogP contribution in [0.5, 0.6) is 0 Å². The molecular formula is C18H24N6O2. The zero-order chi connectivity index (χ0) is 18.1. The van der Waals surface area contributed by atoms with Crippen molar-refractivity contribution in [3.05, 3.63) is 24.3 Å². The highest BCUT2D eigenvalue weighted by molar-refractivity contribution is 6.05. The fourth-order valence-electron chi connectivity index (χ4n) is 4.07. The largest absolute Gasteiger partial charge is 0.370 e. The van der Waals surface area contributed by atoms with Crippen molar-refractivity contribution in [1.29, 1.82) is 0 Å². The number of carbonyl (C=O) groups excluding carboxylic acids is 1. The molecule has 138 valence electrons. The van der Waals surface area contributed by atoms with Gasteiger partial charge < -0.3 is 21.1 Å². The maximum absolute atomic E-state index is 12.0. The number of anilines is 2. The Bertz CT molecular complexity index is 751. The van der Waals surface area contributed by atoms with Crippen molar-refractivity contribution >= 4 is 29.2 Å². The molecule has 1 aromatic rings. The molecule has 26 heavy (non-hydrogen) atoms. The molecule has 4 rings (SSSR count). The van der Waals surface area contributed by atoms with Gasteiger partial charge in [0.1, 0.15) is 12.3 Å². The van der Waals surface area contributed by atoms with Crippen molar-refractivity contribution in [3.63, 3.8) is 0 Å². The van der Waals surface area contributed by atoms with Gasteiger partial charge in [-0.25, -0.2) is 4.99 Å². The van der Waals surface area contributed by atoms with E-state index in [0.29, 0.717) is 19.1 Å². The summed E-state index contributed by atoms with van der Waals surface area (Å²) >= 11 is 0. The van der Waals surface area contributed by atoms with E-state index in [2.05, 4.69) is 9.98 Å². The Morgan fingerprint density at radius 1 is 1.04 bits per heavy atom. The quantitative estimate of drug-likeness (QED) is 0.826. The number of nitrogens with zero attached hydrogens (tertiary/aromatic N) is 4. The third-order valence-electron chi connectivity index (χ3n) is 5.26. The number of ether oxygens (including phenoxy) is 1. The van der Waals surface area contributed by atoms with Crippen molar-refractivity contribution < 1.29 is 9.53 Å². The number of carbonyl (C=O) groups is 1. The first-order valence-electron chi connectivity index (χ1n) is 9.07. The van der Waals surface area contributed by atoms with Crippen molar-refractivity contribution in [2.75, 3.05) is 29.6 Å². The molecule has 2 aliphatic heterocycles. The smallest absolute Gasteiger partial charge is 0.253 e. The zero-order valence-corrected chi connectivity index (χ0v) is 14.7. The van der Waals surface area contributed by atoms with E-state index in [1.807, 2.05) is 29.2 Å². The van der Waals surface area contributed by atoms with E-state index in [9.17, 15) is 4.79 Å². The Balaban J connectivity index is 1.65. The van der Waals surface area contributed by atoms with Gasteiger partial charge in [-0.2, -0.15) is 4.99 Å². The van der Waals surface area contributed by atoms with Crippen LogP contribution in [0.4, 0.5) is 11.4 Å². The number of nitrogens with two attached hydrogens (primary N) is 2. The minimum Gasteiger partial charge on any atom is -0.370 e. The molecule has 1 saturated heterocycles. The Labute approximate surface area is 152 Å². The third-order valence-corrected chi connectivity index (χ3v) is 5.26. The summed E-state index contributed by atoms with van der Waals surface area (Å²) in [6.07, 6.45) is 5.16. The van der Waals surface area contributed by atoms with Crippen LogP contribution in [0.1, 0.15) is 32.1 Å². The van der Waals surface area contributed by atoms with Gasteiger partial charge in [-0.1, -0.05) is 6.42 Å². The summed E-state index contributed by atoms with van der Waals surface area (Å²) in [4.78, 5) is 24.6. The molecule has 0 atom stereocenters. The van der Waals surface area contributed by atoms with Gasteiger partial charge in [0.15, 0.2) is 0 Å². The van der Waals surface area contributed by atoms with Crippen molar-refractivity contribution in [2.45, 2.75) is 37.8 Å². The first-order valence-corrected chi connectivity index (χ1v) is 9.07. The lowest BCUT2D eigenvalue weighted by Gasteiger charge is -2.45. The van der Waals surface area contributed by atoms with Crippen LogP contribution >= 0.6 is 0 Å². The molecule has 1 aliphatic carbocycles. The van der Waals surface area contributed by atoms with Gasteiger partial charge in [0, 0.05) is 17.9 Å². The molecule has 1 amide bonds. The monoisotopic (exact) mass is 356 g/mol. The van der Waals surface area contributed by atoms with Crippen molar-refractivity contribution in [1.82, 2.24) is 0 Å². The van der Waals surface area contributed by atoms with Crippen LogP contribution in [0.2, 0.25) is 0 Å². The lowest BCUT2D eigenvalue weighted by Crippen LogP contribution is -2.58. The normalized spacial score (nSPS) is 23.0. The lowest BCUT2D eigenvalue weighted by atomic mass is 9.87. The van der Waals surface area contributed by atoms with Crippen LogP contribution in [-0.4, -0.2) is 43.2 Å². The Morgan fingerprint density at radius 3 is 2.42 bits per heavy atom. The molecule has 0 bridgehead atoms. The van der Waals surface area contributed by atoms with Gasteiger partial charge in [-0.3, -0.25) is 9.69 Å². The van der Waals surface area contributed by atoms with Crippen LogP contribution in [-0.2, 0) is 9.53 Å². The highest BCUT2D eigenvalue weighted by Gasteiger charge is 2.42. The van der Waals surface area contributed by atoms with Crippen LogP contribution < -0.4 is 21.3 Å². The van der Waals surface area contributed by atoms with E-state index in [-0.39, 0.29) is 18.5 Å². The van der Waals surface area contributed by atoms with Gasteiger partial charge in [-0.15, -0.1) is 0 Å². The maximum Gasteiger partial charge on any atom is 0.253 e. The Hall–Kier alpha value is -2.61. The molecule has 0 unspecified atom stereocenters. The molecule has 8 nitrogen and oxygen atoms in total. The molecular weight excluding hydrogens is 332 g/mol. The summed E-state index contributed by atoms with van der Waals surface area (Å²) in [5, 5.41) is 0. The minimum atomic E-state index is -0.454. The van der Waals surface area contributed by atoms with Gasteiger partial charge in [0.05, 0.1) is 6.61 Å². The first kappa shape index (κ1) is 16.8. The molecule has 4 N–H and O–H groups in total. The molecule has 1 spiro atoms. The topological polar surface area (TPSA) is 110 Å². The van der Waals surface area contributed by atoms with E-state index in [0.717, 1.165) is 37.1 Å². The number of benzene rings is 1. The minimum absolute atomic E-state index is 0.0239. The summed E-state index contributed by atoms with van der Waals surface area (Å²) in [6, 6.07) is 7.80. The molecule has 3 aliphatic rings. The van der Waals surface area contributed by atoms with Gasteiger partial charge in [0.2, 0.25) is 11.9 Å². The Morgan fingerprint density at radius 2 is 1.73 bits per heavy atom. The summed E-state index contributed by atoms with van der Waals surface area (Å²) in [7, 11) is 0. The SMILES string of the molecule is NC1=NC2(CCCCC2)N(c2ccc(N3CCOCC3=O)cc2)C(N)=N1. The standard InChI is InChI=1S/C18H24N6O2/c19-16-21-17(20)24(18(22-16)8-2-1-3-9-18)14-6-4-13(5-7-14)23-10-11-26-12-15(23)25/h4-7H,1-3,8-12H2,(H4,19,20,21,22). The van der Waals surface area contributed by atoms with E-state index in [1.54, 1.807) is 4.90 Å². The van der Waals surface area contributed by atoms with E-state index >= 15 is 0 Å². The zero-order valence-electron chi connectivity index (χ0n) is 14.7. The highest BCUT2D eigenvalue weighted by Crippen LogP contribution is 2.39. The lowest BCUT2D eigenvalue weighted by molar-refractivity contribution is -0.125. The number of aliphatic imine (C=N–C) groups is 2. The predicted molar refractivity (Wildman–Crippen MR) is 101 cm³/mol. The first-order chi connectivity index (χ1) is 12.6. The summed E-state index contributed by atoms with van der Waals surface area (Å²) in [5.74, 6) is 0.593. The van der Waals surface area contributed by atoms with Crippen molar-refractivity contribution in [2.24, 2.45) is 21.5 Å². The molecule has 8 heteroatoms. The second-order valence-corrected chi connectivity index (χ2v) is 6.93. The third kappa shape index (κ3) is 2.90. The molecule has 0 radical (unpaired) electrons. The summed E-state index contributed by atoms with van der Waals surface area (Å²) in [5.41, 5.74) is 13.5. The average molecular weight is 356 g/mol. The second kappa shape index (κ2) is 6.60.